The van der Waals surface area contributed by atoms with Crippen molar-refractivity contribution in [2.24, 2.45) is 5.92 Å². The Bertz CT molecular complexity index is 575. The summed E-state index contributed by atoms with van der Waals surface area (Å²) in [4.78, 5) is 13.0. The van der Waals surface area contributed by atoms with E-state index in [0.717, 1.165) is 5.56 Å². The maximum Gasteiger partial charge on any atom is 0.198 e. The summed E-state index contributed by atoms with van der Waals surface area (Å²) in [6.45, 7) is 6.57. The van der Waals surface area contributed by atoms with Crippen LogP contribution in [0.5, 0.6) is 0 Å². The van der Waals surface area contributed by atoms with E-state index in [2.05, 4.69) is 13.8 Å². The highest BCUT2D eigenvalue weighted by molar-refractivity contribution is 6.02. The number of carbonyl (C=O) groups is 1. The van der Waals surface area contributed by atoms with Crippen LogP contribution in [0.25, 0.3) is 0 Å². The lowest BCUT2D eigenvalue weighted by Gasteiger charge is -2.30. The van der Waals surface area contributed by atoms with E-state index in [4.69, 9.17) is 4.74 Å². The van der Waals surface area contributed by atoms with Gasteiger partial charge in [0, 0.05) is 5.56 Å². The number of ether oxygens (including phenoxy) is 1. The summed E-state index contributed by atoms with van der Waals surface area (Å²) in [6.07, 6.45) is 0. The molecule has 0 bridgehead atoms. The van der Waals surface area contributed by atoms with Gasteiger partial charge in [0.1, 0.15) is 0 Å². The van der Waals surface area contributed by atoms with Crippen LogP contribution in [0.3, 0.4) is 0 Å². The molecule has 21 heavy (non-hydrogen) atoms. The monoisotopic (exact) mass is 282 g/mol. The number of benzene rings is 2. The summed E-state index contributed by atoms with van der Waals surface area (Å²) in [5.74, 6) is 0.367. The Morgan fingerprint density at radius 3 is 2.05 bits per heavy atom. The number of Topliss-reactive ketones (excluding diaryl/α,β-unsaturated/α-hetero) is 1. The Morgan fingerprint density at radius 1 is 1.00 bits per heavy atom. The predicted octanol–water partition coefficient (Wildman–Crippen LogP) is 4.46. The fraction of sp³-hybridized carbons (Fsp3) is 0.316. The van der Waals surface area contributed by atoms with E-state index in [1.165, 1.54) is 0 Å². The molecule has 1 atom stereocenters. The highest BCUT2D eigenvalue weighted by Crippen LogP contribution is 2.30. The van der Waals surface area contributed by atoms with Gasteiger partial charge in [-0.2, -0.15) is 0 Å². The fourth-order valence-electron chi connectivity index (χ4n) is 2.23. The van der Waals surface area contributed by atoms with Crippen LogP contribution >= 0.6 is 0 Å². The van der Waals surface area contributed by atoms with Gasteiger partial charge in [0.2, 0.25) is 0 Å². The topological polar surface area (TPSA) is 26.3 Å². The Hall–Kier alpha value is -1.93. The minimum Gasteiger partial charge on any atom is -0.362 e. The molecule has 0 heterocycles. The van der Waals surface area contributed by atoms with Crippen molar-refractivity contribution in [2.75, 3.05) is 6.61 Å². The third-order valence-corrected chi connectivity index (χ3v) is 3.50. The minimum atomic E-state index is -0.952. The van der Waals surface area contributed by atoms with Crippen molar-refractivity contribution in [3.8, 4) is 0 Å². The Kier molecular flexibility index (Phi) is 4.92. The lowest BCUT2D eigenvalue weighted by Crippen LogP contribution is -2.37. The molecule has 0 aromatic heterocycles. The minimum absolute atomic E-state index is 0.00468. The third-order valence-electron chi connectivity index (χ3n) is 3.50. The molecule has 0 N–H and O–H groups in total. The Balaban J connectivity index is 2.38. The molecule has 2 aromatic carbocycles. The normalized spacial score (nSPS) is 13.9. The maximum absolute atomic E-state index is 13.0. The molecular formula is C19H22O2. The smallest absolute Gasteiger partial charge is 0.198 e. The van der Waals surface area contributed by atoms with Gasteiger partial charge in [-0.05, 0) is 18.4 Å². The first-order valence-corrected chi connectivity index (χ1v) is 7.33. The van der Waals surface area contributed by atoms with Crippen LogP contribution in [0.4, 0.5) is 0 Å². The van der Waals surface area contributed by atoms with Crippen LogP contribution in [0.2, 0.25) is 0 Å². The SMILES string of the molecule is CC(C)COC(C)(C(=O)c1ccccc1)c1ccccc1. The Morgan fingerprint density at radius 2 is 1.52 bits per heavy atom. The van der Waals surface area contributed by atoms with Crippen LogP contribution in [0.15, 0.2) is 60.7 Å². The summed E-state index contributed by atoms with van der Waals surface area (Å²) in [6, 6.07) is 19.0. The van der Waals surface area contributed by atoms with Crippen molar-refractivity contribution >= 4 is 5.78 Å². The number of hydrogen-bond donors (Lipinski definition) is 0. The highest BCUT2D eigenvalue weighted by atomic mass is 16.5. The van der Waals surface area contributed by atoms with Crippen LogP contribution in [0.1, 0.15) is 36.7 Å². The van der Waals surface area contributed by atoms with Gasteiger partial charge in [0.05, 0.1) is 6.61 Å². The first-order valence-electron chi connectivity index (χ1n) is 7.33. The zero-order chi connectivity index (χ0) is 15.3. The third kappa shape index (κ3) is 3.59. The standard InChI is InChI=1S/C19H22O2/c1-15(2)14-21-19(3,17-12-8-5-9-13-17)18(20)16-10-6-4-7-11-16/h4-13,15H,14H2,1-3H3. The van der Waals surface area contributed by atoms with Crippen molar-refractivity contribution in [2.45, 2.75) is 26.4 Å². The number of hydrogen-bond acceptors (Lipinski definition) is 2. The van der Waals surface area contributed by atoms with Crippen molar-refractivity contribution in [3.63, 3.8) is 0 Å². The van der Waals surface area contributed by atoms with Crippen LogP contribution in [-0.4, -0.2) is 12.4 Å². The molecule has 0 saturated heterocycles. The molecular weight excluding hydrogens is 260 g/mol. The van der Waals surface area contributed by atoms with Gasteiger partial charge in [-0.1, -0.05) is 74.5 Å². The maximum atomic E-state index is 13.0. The molecule has 2 nitrogen and oxygen atoms in total. The highest BCUT2D eigenvalue weighted by Gasteiger charge is 2.36. The molecule has 2 rings (SSSR count). The first-order chi connectivity index (χ1) is 10.0. The summed E-state index contributed by atoms with van der Waals surface area (Å²) in [5, 5.41) is 0. The molecule has 2 aromatic rings. The van der Waals surface area contributed by atoms with Gasteiger partial charge in [-0.25, -0.2) is 0 Å². The van der Waals surface area contributed by atoms with E-state index in [0.29, 0.717) is 18.1 Å². The predicted molar refractivity (Wildman–Crippen MR) is 85.4 cm³/mol. The summed E-state index contributed by atoms with van der Waals surface area (Å²) in [7, 11) is 0. The molecule has 2 heteroatoms. The molecule has 1 unspecified atom stereocenters. The Labute approximate surface area is 126 Å². The second-order valence-corrected chi connectivity index (χ2v) is 5.80. The van der Waals surface area contributed by atoms with Crippen molar-refractivity contribution in [3.05, 3.63) is 71.8 Å². The van der Waals surface area contributed by atoms with E-state index in [1.807, 2.05) is 67.6 Å². The molecule has 0 aliphatic rings. The van der Waals surface area contributed by atoms with E-state index in [9.17, 15) is 4.79 Å². The van der Waals surface area contributed by atoms with E-state index >= 15 is 0 Å². The largest absolute Gasteiger partial charge is 0.362 e. The first kappa shape index (κ1) is 15.5. The van der Waals surface area contributed by atoms with Crippen LogP contribution in [-0.2, 0) is 10.3 Å². The summed E-state index contributed by atoms with van der Waals surface area (Å²) < 4.78 is 6.04. The van der Waals surface area contributed by atoms with Crippen molar-refractivity contribution < 1.29 is 9.53 Å². The molecule has 0 radical (unpaired) electrons. The number of ketones is 1. The second-order valence-electron chi connectivity index (χ2n) is 5.80. The lowest BCUT2D eigenvalue weighted by molar-refractivity contribution is -0.0288. The zero-order valence-electron chi connectivity index (χ0n) is 12.9. The average molecular weight is 282 g/mol. The van der Waals surface area contributed by atoms with Gasteiger partial charge in [0.25, 0.3) is 0 Å². The van der Waals surface area contributed by atoms with Gasteiger partial charge in [-0.3, -0.25) is 4.79 Å². The average Bonchev–Trinajstić information content (AvgIpc) is 2.53. The van der Waals surface area contributed by atoms with E-state index in [1.54, 1.807) is 0 Å². The molecule has 0 amide bonds. The lowest BCUT2D eigenvalue weighted by atomic mass is 9.87. The summed E-state index contributed by atoms with van der Waals surface area (Å²) in [5.41, 5.74) is 0.611. The van der Waals surface area contributed by atoms with Crippen molar-refractivity contribution in [1.29, 1.82) is 0 Å². The number of rotatable bonds is 6. The molecule has 0 aliphatic carbocycles. The van der Waals surface area contributed by atoms with E-state index < -0.39 is 5.60 Å². The molecule has 0 aliphatic heterocycles. The van der Waals surface area contributed by atoms with Gasteiger partial charge >= 0.3 is 0 Å². The van der Waals surface area contributed by atoms with Gasteiger partial charge in [-0.15, -0.1) is 0 Å². The molecule has 0 fully saturated rings. The zero-order valence-corrected chi connectivity index (χ0v) is 12.9. The quantitative estimate of drug-likeness (QED) is 0.731. The van der Waals surface area contributed by atoms with E-state index in [-0.39, 0.29) is 5.78 Å². The molecule has 0 spiro atoms. The van der Waals surface area contributed by atoms with Crippen LogP contribution < -0.4 is 0 Å². The van der Waals surface area contributed by atoms with Gasteiger partial charge < -0.3 is 4.74 Å². The second kappa shape index (κ2) is 6.68. The summed E-state index contributed by atoms with van der Waals surface area (Å²) >= 11 is 0. The number of carbonyl (C=O) groups excluding carboxylic acids is 1. The molecule has 0 saturated carbocycles. The van der Waals surface area contributed by atoms with Crippen molar-refractivity contribution in [1.82, 2.24) is 0 Å². The van der Waals surface area contributed by atoms with Crippen LogP contribution in [0, 0.1) is 5.92 Å². The van der Waals surface area contributed by atoms with Gasteiger partial charge in [0.15, 0.2) is 11.4 Å². The molecule has 110 valence electrons. The fourth-order valence-corrected chi connectivity index (χ4v) is 2.23.